The predicted molar refractivity (Wildman–Crippen MR) is 68.6 cm³/mol. The molecule has 0 aliphatic carbocycles. The summed E-state index contributed by atoms with van der Waals surface area (Å²) in [5.74, 6) is -1.24. The first-order chi connectivity index (χ1) is 9.08. The highest BCUT2D eigenvalue weighted by atomic mass is 19.1. The fraction of sp³-hybridized carbons (Fsp3) is 0.0714. The lowest BCUT2D eigenvalue weighted by atomic mass is 10.1. The zero-order valence-electron chi connectivity index (χ0n) is 10.2. The number of carbonyl (C=O) groups is 2. The van der Waals surface area contributed by atoms with Crippen LogP contribution in [0.15, 0.2) is 42.6 Å². The van der Waals surface area contributed by atoms with Crippen molar-refractivity contribution in [2.45, 2.75) is 6.92 Å². The number of ketones is 1. The van der Waals surface area contributed by atoms with E-state index in [9.17, 15) is 14.0 Å². The highest BCUT2D eigenvalue weighted by Crippen LogP contribution is 2.16. The van der Waals surface area contributed by atoms with Gasteiger partial charge in [0.05, 0.1) is 11.3 Å². The van der Waals surface area contributed by atoms with E-state index in [0.717, 1.165) is 12.3 Å². The lowest BCUT2D eigenvalue weighted by molar-refractivity contribution is 0.101. The molecule has 1 N–H and O–H groups in total. The molecule has 1 amide bonds. The number of hydrogen-bond donors (Lipinski definition) is 1. The molecular weight excluding hydrogens is 247 g/mol. The molecule has 19 heavy (non-hydrogen) atoms. The second-order valence-electron chi connectivity index (χ2n) is 3.93. The Morgan fingerprint density at radius 2 is 1.89 bits per heavy atom. The van der Waals surface area contributed by atoms with Crippen LogP contribution in [0.25, 0.3) is 0 Å². The number of nitrogens with zero attached hydrogens (tertiary/aromatic N) is 1. The maximum absolute atomic E-state index is 12.7. The number of rotatable bonds is 3. The van der Waals surface area contributed by atoms with E-state index in [4.69, 9.17) is 0 Å². The normalized spacial score (nSPS) is 10.0. The molecule has 1 heterocycles. The minimum atomic E-state index is -0.652. The molecule has 0 unspecified atom stereocenters. The molecule has 4 nitrogen and oxygen atoms in total. The third-order valence-electron chi connectivity index (χ3n) is 2.54. The summed E-state index contributed by atoms with van der Waals surface area (Å²) in [5.41, 5.74) is 1.06. The van der Waals surface area contributed by atoms with Gasteiger partial charge >= 0.3 is 0 Å². The smallest absolute Gasteiger partial charge is 0.257 e. The zero-order chi connectivity index (χ0) is 13.8. The number of Topliss-reactive ketones (excluding diaryl/α,β-unsaturated/α-hetero) is 1. The molecule has 0 spiro atoms. The van der Waals surface area contributed by atoms with Gasteiger partial charge in [-0.25, -0.2) is 4.98 Å². The summed E-state index contributed by atoms with van der Waals surface area (Å²) in [5, 5.41) is 2.61. The Morgan fingerprint density at radius 3 is 2.53 bits per heavy atom. The molecule has 2 rings (SSSR count). The number of benzene rings is 1. The first-order valence-corrected chi connectivity index (χ1v) is 5.61. The number of aromatic nitrogens is 1. The molecule has 0 saturated carbocycles. The van der Waals surface area contributed by atoms with Gasteiger partial charge in [0.25, 0.3) is 5.91 Å². The molecular formula is C14H11FN2O2. The Morgan fingerprint density at radius 1 is 1.16 bits per heavy atom. The molecule has 96 valence electrons. The molecule has 0 aliphatic heterocycles. The zero-order valence-corrected chi connectivity index (χ0v) is 10.2. The first-order valence-electron chi connectivity index (χ1n) is 5.61. The maximum atomic E-state index is 12.7. The van der Waals surface area contributed by atoms with Crippen LogP contribution in [-0.4, -0.2) is 16.7 Å². The number of amides is 1. The predicted octanol–water partition coefficient (Wildman–Crippen LogP) is 2.68. The van der Waals surface area contributed by atoms with E-state index in [1.165, 1.54) is 13.0 Å². The number of para-hydroxylation sites is 1. The number of halogens is 1. The highest BCUT2D eigenvalue weighted by Gasteiger charge is 2.11. The topological polar surface area (TPSA) is 59.1 Å². The van der Waals surface area contributed by atoms with Gasteiger partial charge in [-0.05, 0) is 31.2 Å². The minimum Gasteiger partial charge on any atom is -0.321 e. The molecule has 0 bridgehead atoms. The van der Waals surface area contributed by atoms with Crippen molar-refractivity contribution in [3.63, 3.8) is 0 Å². The second kappa shape index (κ2) is 5.39. The molecule has 2 aromatic rings. The average molecular weight is 258 g/mol. The van der Waals surface area contributed by atoms with E-state index >= 15 is 0 Å². The third kappa shape index (κ3) is 3.01. The standard InChI is InChI=1S/C14H11FN2O2/c1-9(18)11-4-2-3-5-12(11)17-14(19)10-6-7-13(15)16-8-10/h2-8H,1H3,(H,17,19). The molecule has 5 heteroatoms. The number of carbonyl (C=O) groups excluding carboxylic acids is 2. The van der Waals surface area contributed by atoms with Gasteiger partial charge in [-0.1, -0.05) is 12.1 Å². The Labute approximate surface area is 109 Å². The van der Waals surface area contributed by atoms with Crippen LogP contribution in [-0.2, 0) is 0 Å². The van der Waals surface area contributed by atoms with Crippen molar-refractivity contribution >= 4 is 17.4 Å². The summed E-state index contributed by atoms with van der Waals surface area (Å²) in [7, 11) is 0. The number of anilines is 1. The summed E-state index contributed by atoms with van der Waals surface area (Å²) in [6.45, 7) is 1.42. The minimum absolute atomic E-state index is 0.145. The lowest BCUT2D eigenvalue weighted by Gasteiger charge is -2.08. The van der Waals surface area contributed by atoms with Crippen LogP contribution < -0.4 is 5.32 Å². The van der Waals surface area contributed by atoms with Gasteiger partial charge in [0.2, 0.25) is 5.95 Å². The van der Waals surface area contributed by atoms with Crippen LogP contribution in [0.4, 0.5) is 10.1 Å². The summed E-state index contributed by atoms with van der Waals surface area (Å²) < 4.78 is 12.7. The monoisotopic (exact) mass is 258 g/mol. The average Bonchev–Trinajstić information content (AvgIpc) is 2.39. The van der Waals surface area contributed by atoms with Crippen molar-refractivity contribution in [3.05, 3.63) is 59.7 Å². The van der Waals surface area contributed by atoms with E-state index in [0.29, 0.717) is 11.3 Å². The van der Waals surface area contributed by atoms with E-state index in [1.54, 1.807) is 24.3 Å². The van der Waals surface area contributed by atoms with Crippen LogP contribution in [0.1, 0.15) is 27.6 Å². The van der Waals surface area contributed by atoms with Crippen molar-refractivity contribution in [1.29, 1.82) is 0 Å². The van der Waals surface area contributed by atoms with Gasteiger partial charge in [0, 0.05) is 11.8 Å². The number of pyridine rings is 1. The Balaban J connectivity index is 2.24. The van der Waals surface area contributed by atoms with Crippen LogP contribution in [0.5, 0.6) is 0 Å². The molecule has 0 radical (unpaired) electrons. The SMILES string of the molecule is CC(=O)c1ccccc1NC(=O)c1ccc(F)nc1. The summed E-state index contributed by atoms with van der Waals surface area (Å²) in [6, 6.07) is 9.11. The van der Waals surface area contributed by atoms with Gasteiger partial charge in [0.15, 0.2) is 5.78 Å². The lowest BCUT2D eigenvalue weighted by Crippen LogP contribution is -2.14. The first kappa shape index (κ1) is 12.9. The van der Waals surface area contributed by atoms with E-state index < -0.39 is 11.9 Å². The number of hydrogen-bond acceptors (Lipinski definition) is 3. The molecule has 1 aromatic heterocycles. The third-order valence-corrected chi connectivity index (χ3v) is 2.54. The largest absolute Gasteiger partial charge is 0.321 e. The molecule has 0 aliphatic rings. The van der Waals surface area contributed by atoms with Crippen molar-refractivity contribution in [2.75, 3.05) is 5.32 Å². The molecule has 1 aromatic carbocycles. The van der Waals surface area contributed by atoms with E-state index in [1.807, 2.05) is 0 Å². The maximum Gasteiger partial charge on any atom is 0.257 e. The van der Waals surface area contributed by atoms with Crippen molar-refractivity contribution < 1.29 is 14.0 Å². The van der Waals surface area contributed by atoms with Crippen molar-refractivity contribution in [1.82, 2.24) is 4.98 Å². The molecule has 0 atom stereocenters. The molecule has 0 fully saturated rings. The van der Waals surface area contributed by atoms with Gasteiger partial charge in [0.1, 0.15) is 0 Å². The van der Waals surface area contributed by atoms with Gasteiger partial charge in [-0.2, -0.15) is 4.39 Å². The summed E-state index contributed by atoms with van der Waals surface area (Å²) >= 11 is 0. The summed E-state index contributed by atoms with van der Waals surface area (Å²) in [4.78, 5) is 26.7. The van der Waals surface area contributed by atoms with Gasteiger partial charge in [-0.15, -0.1) is 0 Å². The van der Waals surface area contributed by atoms with E-state index in [2.05, 4.69) is 10.3 Å². The fourth-order valence-corrected chi connectivity index (χ4v) is 1.60. The Bertz CT molecular complexity index is 624. The molecule has 0 saturated heterocycles. The van der Waals surface area contributed by atoms with Crippen molar-refractivity contribution in [2.24, 2.45) is 0 Å². The number of nitrogens with one attached hydrogen (secondary N) is 1. The Kier molecular flexibility index (Phi) is 3.66. The summed E-state index contributed by atoms with van der Waals surface area (Å²) in [6.07, 6.45) is 1.14. The van der Waals surface area contributed by atoms with Crippen LogP contribution in [0.3, 0.4) is 0 Å². The van der Waals surface area contributed by atoms with Crippen LogP contribution in [0, 0.1) is 5.95 Å². The Hall–Kier alpha value is -2.56. The van der Waals surface area contributed by atoms with Crippen molar-refractivity contribution in [3.8, 4) is 0 Å². The van der Waals surface area contributed by atoms with Crippen LogP contribution >= 0.6 is 0 Å². The van der Waals surface area contributed by atoms with E-state index in [-0.39, 0.29) is 11.3 Å². The van der Waals surface area contributed by atoms with Crippen LogP contribution in [0.2, 0.25) is 0 Å². The van der Waals surface area contributed by atoms with Gasteiger partial charge < -0.3 is 5.32 Å². The fourth-order valence-electron chi connectivity index (χ4n) is 1.60. The van der Waals surface area contributed by atoms with Gasteiger partial charge in [-0.3, -0.25) is 9.59 Å². The highest BCUT2D eigenvalue weighted by molar-refractivity contribution is 6.08. The second-order valence-corrected chi connectivity index (χ2v) is 3.93. The quantitative estimate of drug-likeness (QED) is 0.680.